The number of esters is 3. The monoisotopic (exact) mass is 751 g/mol. The van der Waals surface area contributed by atoms with E-state index in [1.165, 1.54) is 154 Å². The molecule has 53 heavy (non-hydrogen) atoms. The van der Waals surface area contributed by atoms with Crippen molar-refractivity contribution in [3.8, 4) is 0 Å². The van der Waals surface area contributed by atoms with Crippen LogP contribution in [-0.2, 0) is 28.6 Å². The van der Waals surface area contributed by atoms with E-state index in [2.05, 4.69) is 27.7 Å². The minimum Gasteiger partial charge on any atom is -0.462 e. The van der Waals surface area contributed by atoms with Crippen LogP contribution in [0.25, 0.3) is 0 Å². The lowest BCUT2D eigenvalue weighted by Crippen LogP contribution is -2.30. The summed E-state index contributed by atoms with van der Waals surface area (Å²) < 4.78 is 16.7. The highest BCUT2D eigenvalue weighted by Crippen LogP contribution is 2.17. The van der Waals surface area contributed by atoms with Gasteiger partial charge in [0.2, 0.25) is 0 Å². The van der Waals surface area contributed by atoms with Gasteiger partial charge in [0.05, 0.1) is 0 Å². The standard InChI is InChI=1S/C47H90O6/c1-5-8-10-12-14-15-16-17-18-19-20-21-22-23-24-26-31-35-39-46(49)52-42-44(41-51-45(48)38-34-30-25-13-11-9-6-2)53-47(50)40-36-32-28-27-29-33-37-43(4)7-3/h43-44H,5-42H2,1-4H3/t43?,44-/m1/s1. The maximum atomic E-state index is 12.7. The van der Waals surface area contributed by atoms with E-state index in [0.29, 0.717) is 19.3 Å². The topological polar surface area (TPSA) is 78.9 Å². The molecular weight excluding hydrogens is 661 g/mol. The average Bonchev–Trinajstić information content (AvgIpc) is 3.15. The Balaban J connectivity index is 4.18. The first-order valence-electron chi connectivity index (χ1n) is 23.4. The molecule has 0 aromatic heterocycles. The summed E-state index contributed by atoms with van der Waals surface area (Å²) >= 11 is 0. The van der Waals surface area contributed by atoms with Crippen molar-refractivity contribution >= 4 is 17.9 Å². The quantitative estimate of drug-likeness (QED) is 0.0351. The number of hydrogen-bond acceptors (Lipinski definition) is 6. The maximum Gasteiger partial charge on any atom is 0.306 e. The fraction of sp³-hybridized carbons (Fsp3) is 0.936. The summed E-state index contributed by atoms with van der Waals surface area (Å²) in [6.07, 6.45) is 41.1. The van der Waals surface area contributed by atoms with Crippen molar-refractivity contribution in [2.24, 2.45) is 5.92 Å². The van der Waals surface area contributed by atoms with Crippen LogP contribution in [-0.4, -0.2) is 37.2 Å². The predicted octanol–water partition coefficient (Wildman–Crippen LogP) is 14.7. The molecule has 0 aliphatic rings. The summed E-state index contributed by atoms with van der Waals surface area (Å²) in [6.45, 7) is 8.93. The van der Waals surface area contributed by atoms with Crippen molar-refractivity contribution in [1.82, 2.24) is 0 Å². The van der Waals surface area contributed by atoms with Gasteiger partial charge in [0.1, 0.15) is 13.2 Å². The molecule has 2 atom stereocenters. The molecule has 0 saturated heterocycles. The molecule has 0 spiro atoms. The van der Waals surface area contributed by atoms with Crippen LogP contribution < -0.4 is 0 Å². The van der Waals surface area contributed by atoms with Gasteiger partial charge in [0.15, 0.2) is 6.10 Å². The van der Waals surface area contributed by atoms with Gasteiger partial charge in [-0.05, 0) is 25.2 Å². The van der Waals surface area contributed by atoms with Crippen LogP contribution >= 0.6 is 0 Å². The van der Waals surface area contributed by atoms with Gasteiger partial charge in [-0.1, -0.05) is 220 Å². The van der Waals surface area contributed by atoms with Crippen LogP contribution in [0.15, 0.2) is 0 Å². The molecule has 0 heterocycles. The van der Waals surface area contributed by atoms with E-state index in [1.807, 2.05) is 0 Å². The smallest absolute Gasteiger partial charge is 0.306 e. The first-order valence-corrected chi connectivity index (χ1v) is 23.4. The van der Waals surface area contributed by atoms with Crippen LogP contribution in [0.2, 0.25) is 0 Å². The predicted molar refractivity (Wildman–Crippen MR) is 224 cm³/mol. The zero-order valence-electron chi connectivity index (χ0n) is 36.0. The van der Waals surface area contributed by atoms with Crippen LogP contribution in [0.1, 0.15) is 259 Å². The Labute approximate surface area is 329 Å². The third-order valence-electron chi connectivity index (χ3n) is 10.9. The molecule has 0 amide bonds. The van der Waals surface area contributed by atoms with Crippen molar-refractivity contribution in [3.05, 3.63) is 0 Å². The molecule has 0 fully saturated rings. The third-order valence-corrected chi connectivity index (χ3v) is 10.9. The molecule has 0 N–H and O–H groups in total. The Hall–Kier alpha value is -1.59. The molecule has 0 radical (unpaired) electrons. The summed E-state index contributed by atoms with van der Waals surface area (Å²) in [5.41, 5.74) is 0. The van der Waals surface area contributed by atoms with E-state index in [4.69, 9.17) is 14.2 Å². The number of carbonyl (C=O) groups excluding carboxylic acids is 3. The fourth-order valence-electron chi connectivity index (χ4n) is 6.95. The van der Waals surface area contributed by atoms with E-state index in [-0.39, 0.29) is 31.1 Å². The zero-order chi connectivity index (χ0) is 38.9. The summed E-state index contributed by atoms with van der Waals surface area (Å²) in [5, 5.41) is 0. The molecule has 0 aliphatic heterocycles. The average molecular weight is 751 g/mol. The lowest BCUT2D eigenvalue weighted by atomic mass is 10.00. The highest BCUT2D eigenvalue weighted by atomic mass is 16.6. The molecule has 0 rings (SSSR count). The minimum absolute atomic E-state index is 0.0650. The lowest BCUT2D eigenvalue weighted by molar-refractivity contribution is -0.167. The van der Waals surface area contributed by atoms with E-state index in [1.54, 1.807) is 0 Å². The summed E-state index contributed by atoms with van der Waals surface area (Å²) in [7, 11) is 0. The highest BCUT2D eigenvalue weighted by molar-refractivity contribution is 5.71. The van der Waals surface area contributed by atoms with Crippen molar-refractivity contribution in [3.63, 3.8) is 0 Å². The van der Waals surface area contributed by atoms with Gasteiger partial charge in [0.25, 0.3) is 0 Å². The molecule has 6 heteroatoms. The fourth-order valence-corrected chi connectivity index (χ4v) is 6.95. The van der Waals surface area contributed by atoms with Gasteiger partial charge in [-0.2, -0.15) is 0 Å². The molecule has 0 bridgehead atoms. The van der Waals surface area contributed by atoms with E-state index in [9.17, 15) is 14.4 Å². The molecule has 0 aromatic rings. The molecule has 0 aliphatic carbocycles. The second kappa shape index (κ2) is 41.6. The van der Waals surface area contributed by atoms with E-state index in [0.717, 1.165) is 63.7 Å². The van der Waals surface area contributed by atoms with Gasteiger partial charge in [0, 0.05) is 19.3 Å². The summed E-state index contributed by atoms with van der Waals surface area (Å²) in [5.74, 6) is -0.0529. The molecule has 1 unspecified atom stereocenters. The molecule has 6 nitrogen and oxygen atoms in total. The Morgan fingerprint density at radius 3 is 0.981 bits per heavy atom. The van der Waals surface area contributed by atoms with Crippen molar-refractivity contribution < 1.29 is 28.6 Å². The van der Waals surface area contributed by atoms with Gasteiger partial charge >= 0.3 is 17.9 Å². The lowest BCUT2D eigenvalue weighted by Gasteiger charge is -2.18. The summed E-state index contributed by atoms with van der Waals surface area (Å²) in [6, 6.07) is 0. The zero-order valence-corrected chi connectivity index (χ0v) is 36.0. The largest absolute Gasteiger partial charge is 0.462 e. The highest BCUT2D eigenvalue weighted by Gasteiger charge is 2.19. The number of hydrogen-bond donors (Lipinski definition) is 0. The maximum absolute atomic E-state index is 12.7. The Bertz CT molecular complexity index is 798. The Morgan fingerprint density at radius 1 is 0.377 bits per heavy atom. The number of unbranched alkanes of at least 4 members (excludes halogenated alkanes) is 28. The Morgan fingerprint density at radius 2 is 0.660 bits per heavy atom. The third kappa shape index (κ3) is 39.9. The molecule has 314 valence electrons. The van der Waals surface area contributed by atoms with Crippen LogP contribution in [0.5, 0.6) is 0 Å². The first-order chi connectivity index (χ1) is 25.9. The first kappa shape index (κ1) is 51.4. The second-order valence-electron chi connectivity index (χ2n) is 16.3. The SMILES string of the molecule is CCCCCCCCCCCCCCCCCCCCC(=O)OC[C@@H](COC(=O)CCCCCCCCC)OC(=O)CCCCCCCCC(C)CC. The van der Waals surface area contributed by atoms with Crippen molar-refractivity contribution in [2.75, 3.05) is 13.2 Å². The van der Waals surface area contributed by atoms with Crippen LogP contribution in [0.4, 0.5) is 0 Å². The van der Waals surface area contributed by atoms with Crippen molar-refractivity contribution in [2.45, 2.75) is 265 Å². The number of ether oxygens (including phenoxy) is 3. The Kier molecular flexibility index (Phi) is 40.3. The van der Waals surface area contributed by atoms with Gasteiger partial charge in [-0.3, -0.25) is 14.4 Å². The van der Waals surface area contributed by atoms with E-state index >= 15 is 0 Å². The van der Waals surface area contributed by atoms with Crippen LogP contribution in [0.3, 0.4) is 0 Å². The molecule has 0 aromatic carbocycles. The van der Waals surface area contributed by atoms with Gasteiger partial charge in [-0.25, -0.2) is 0 Å². The molecular formula is C47H90O6. The van der Waals surface area contributed by atoms with Crippen LogP contribution in [0, 0.1) is 5.92 Å². The second-order valence-corrected chi connectivity index (χ2v) is 16.3. The van der Waals surface area contributed by atoms with Gasteiger partial charge < -0.3 is 14.2 Å². The number of carbonyl (C=O) groups is 3. The summed E-state index contributed by atoms with van der Waals surface area (Å²) in [4.78, 5) is 37.6. The number of rotatable bonds is 42. The van der Waals surface area contributed by atoms with E-state index < -0.39 is 6.10 Å². The van der Waals surface area contributed by atoms with Crippen molar-refractivity contribution in [1.29, 1.82) is 0 Å². The van der Waals surface area contributed by atoms with Gasteiger partial charge in [-0.15, -0.1) is 0 Å². The molecule has 0 saturated carbocycles. The normalized spacial score (nSPS) is 12.5. The minimum atomic E-state index is -0.759.